The van der Waals surface area contributed by atoms with Crippen molar-refractivity contribution in [2.45, 2.75) is 17.6 Å². The van der Waals surface area contributed by atoms with Gasteiger partial charge >= 0.3 is 0 Å². The molecular weight excluding hydrogens is 289 g/mol. The smallest absolute Gasteiger partial charge is 0.124 e. The SMILES string of the molecule is Nc1ccc(F)cc1SCC(O)COCc1ccccc1. The van der Waals surface area contributed by atoms with Gasteiger partial charge in [-0.25, -0.2) is 4.39 Å². The molecule has 112 valence electrons. The maximum atomic E-state index is 13.1. The number of aliphatic hydroxyl groups excluding tert-OH is 1. The van der Waals surface area contributed by atoms with E-state index in [0.29, 0.717) is 22.9 Å². The van der Waals surface area contributed by atoms with Crippen LogP contribution in [0.25, 0.3) is 0 Å². The van der Waals surface area contributed by atoms with Crippen molar-refractivity contribution in [3.8, 4) is 0 Å². The number of rotatable bonds is 7. The Morgan fingerprint density at radius 2 is 1.95 bits per heavy atom. The van der Waals surface area contributed by atoms with E-state index in [0.717, 1.165) is 5.56 Å². The van der Waals surface area contributed by atoms with E-state index in [1.807, 2.05) is 30.3 Å². The van der Waals surface area contributed by atoms with E-state index < -0.39 is 6.10 Å². The Labute approximate surface area is 127 Å². The van der Waals surface area contributed by atoms with Crippen LogP contribution >= 0.6 is 11.8 Å². The second-order valence-electron chi connectivity index (χ2n) is 4.65. The lowest BCUT2D eigenvalue weighted by molar-refractivity contribution is 0.0398. The first kappa shape index (κ1) is 15.8. The van der Waals surface area contributed by atoms with Crippen molar-refractivity contribution in [2.75, 3.05) is 18.1 Å². The lowest BCUT2D eigenvalue weighted by Gasteiger charge is -2.12. The minimum atomic E-state index is -0.624. The van der Waals surface area contributed by atoms with E-state index in [1.54, 1.807) is 0 Å². The van der Waals surface area contributed by atoms with E-state index in [-0.39, 0.29) is 12.4 Å². The zero-order valence-electron chi connectivity index (χ0n) is 11.5. The third-order valence-electron chi connectivity index (χ3n) is 2.83. The number of nitrogen functional groups attached to an aromatic ring is 1. The summed E-state index contributed by atoms with van der Waals surface area (Å²) in [5.41, 5.74) is 7.33. The standard InChI is InChI=1S/C16H18FNO2S/c17-13-6-7-15(18)16(8-13)21-11-14(19)10-20-9-12-4-2-1-3-5-12/h1-8,14,19H,9-11,18H2. The molecule has 0 aliphatic rings. The molecule has 0 saturated heterocycles. The summed E-state index contributed by atoms with van der Waals surface area (Å²) >= 11 is 1.32. The largest absolute Gasteiger partial charge is 0.398 e. The van der Waals surface area contributed by atoms with Gasteiger partial charge in [-0.15, -0.1) is 11.8 Å². The molecule has 2 aromatic rings. The number of hydrogen-bond donors (Lipinski definition) is 2. The summed E-state index contributed by atoms with van der Waals surface area (Å²) in [7, 11) is 0. The molecule has 0 amide bonds. The molecule has 2 aromatic carbocycles. The molecule has 0 spiro atoms. The molecule has 2 rings (SSSR count). The second kappa shape index (κ2) is 8.02. The maximum Gasteiger partial charge on any atom is 0.124 e. The fraction of sp³-hybridized carbons (Fsp3) is 0.250. The van der Waals surface area contributed by atoms with E-state index in [1.165, 1.54) is 30.0 Å². The fourth-order valence-corrected chi connectivity index (χ4v) is 2.65. The molecule has 0 aliphatic heterocycles. The van der Waals surface area contributed by atoms with Crippen LogP contribution in [0.2, 0.25) is 0 Å². The van der Waals surface area contributed by atoms with Crippen molar-refractivity contribution in [3.05, 3.63) is 59.9 Å². The predicted molar refractivity (Wildman–Crippen MR) is 83.6 cm³/mol. The first-order chi connectivity index (χ1) is 10.1. The van der Waals surface area contributed by atoms with Crippen LogP contribution in [0.5, 0.6) is 0 Å². The Morgan fingerprint density at radius 1 is 1.19 bits per heavy atom. The lowest BCUT2D eigenvalue weighted by Crippen LogP contribution is -2.18. The molecule has 0 aliphatic carbocycles. The van der Waals surface area contributed by atoms with Crippen molar-refractivity contribution < 1.29 is 14.2 Å². The van der Waals surface area contributed by atoms with Gasteiger partial charge in [0.15, 0.2) is 0 Å². The molecule has 0 saturated carbocycles. The highest BCUT2D eigenvalue weighted by Crippen LogP contribution is 2.26. The maximum absolute atomic E-state index is 13.1. The second-order valence-corrected chi connectivity index (χ2v) is 5.71. The van der Waals surface area contributed by atoms with Gasteiger partial charge < -0.3 is 15.6 Å². The van der Waals surface area contributed by atoms with Gasteiger partial charge in [-0.05, 0) is 23.8 Å². The van der Waals surface area contributed by atoms with Gasteiger partial charge in [0.05, 0.1) is 19.3 Å². The summed E-state index contributed by atoms with van der Waals surface area (Å²) in [6.45, 7) is 0.696. The Morgan fingerprint density at radius 3 is 2.71 bits per heavy atom. The summed E-state index contributed by atoms with van der Waals surface area (Å²) in [5.74, 6) is 0.0733. The Hall–Kier alpha value is -1.56. The first-order valence-electron chi connectivity index (χ1n) is 6.62. The van der Waals surface area contributed by atoms with Gasteiger partial charge in [0, 0.05) is 16.3 Å². The van der Waals surface area contributed by atoms with Crippen LogP contribution in [0.1, 0.15) is 5.56 Å². The molecule has 21 heavy (non-hydrogen) atoms. The van der Waals surface area contributed by atoms with E-state index >= 15 is 0 Å². The predicted octanol–water partition coefficient (Wildman–Crippen LogP) is 3.08. The zero-order chi connectivity index (χ0) is 15.1. The number of anilines is 1. The molecule has 1 atom stereocenters. The zero-order valence-corrected chi connectivity index (χ0v) is 12.4. The quantitative estimate of drug-likeness (QED) is 0.610. The molecule has 5 heteroatoms. The van der Waals surface area contributed by atoms with E-state index in [9.17, 15) is 9.50 Å². The Balaban J connectivity index is 1.72. The van der Waals surface area contributed by atoms with Crippen molar-refractivity contribution in [2.24, 2.45) is 0 Å². The number of nitrogens with two attached hydrogens (primary N) is 1. The van der Waals surface area contributed by atoms with E-state index in [4.69, 9.17) is 10.5 Å². The number of ether oxygens (including phenoxy) is 1. The summed E-state index contributed by atoms with van der Waals surface area (Å²) in [6, 6.07) is 14.0. The molecular formula is C16H18FNO2S. The average Bonchev–Trinajstić information content (AvgIpc) is 2.49. The number of benzene rings is 2. The lowest BCUT2D eigenvalue weighted by atomic mass is 10.2. The monoisotopic (exact) mass is 307 g/mol. The van der Waals surface area contributed by atoms with Gasteiger partial charge in [-0.2, -0.15) is 0 Å². The Kier molecular flexibility index (Phi) is 6.04. The molecule has 0 fully saturated rings. The summed E-state index contributed by atoms with van der Waals surface area (Å²) in [6.07, 6.45) is -0.624. The molecule has 0 aromatic heterocycles. The van der Waals surface area contributed by atoms with Crippen molar-refractivity contribution in [1.82, 2.24) is 0 Å². The van der Waals surface area contributed by atoms with Crippen molar-refractivity contribution in [1.29, 1.82) is 0 Å². The summed E-state index contributed by atoms with van der Waals surface area (Å²) in [4.78, 5) is 0.636. The number of halogens is 1. The van der Waals surface area contributed by atoms with Crippen LogP contribution in [-0.2, 0) is 11.3 Å². The first-order valence-corrected chi connectivity index (χ1v) is 7.61. The third-order valence-corrected chi connectivity index (χ3v) is 4.04. The van der Waals surface area contributed by atoms with Crippen LogP contribution in [0.3, 0.4) is 0 Å². The van der Waals surface area contributed by atoms with Crippen molar-refractivity contribution >= 4 is 17.4 Å². The van der Waals surface area contributed by atoms with E-state index in [2.05, 4.69) is 0 Å². The molecule has 0 bridgehead atoms. The Bertz CT molecular complexity index is 565. The van der Waals surface area contributed by atoms with Crippen LogP contribution in [0.4, 0.5) is 10.1 Å². The summed E-state index contributed by atoms with van der Waals surface area (Å²) in [5, 5.41) is 9.87. The highest BCUT2D eigenvalue weighted by Gasteiger charge is 2.08. The highest BCUT2D eigenvalue weighted by atomic mass is 32.2. The average molecular weight is 307 g/mol. The molecule has 3 N–H and O–H groups in total. The topological polar surface area (TPSA) is 55.5 Å². The van der Waals surface area contributed by atoms with Gasteiger partial charge in [0.1, 0.15) is 5.82 Å². The molecule has 0 heterocycles. The highest BCUT2D eigenvalue weighted by molar-refractivity contribution is 7.99. The van der Waals surface area contributed by atoms with Crippen LogP contribution < -0.4 is 5.73 Å². The number of hydrogen-bond acceptors (Lipinski definition) is 4. The molecule has 0 radical (unpaired) electrons. The van der Waals surface area contributed by atoms with Crippen LogP contribution in [-0.4, -0.2) is 23.6 Å². The van der Waals surface area contributed by atoms with Crippen LogP contribution in [0.15, 0.2) is 53.4 Å². The number of thioether (sulfide) groups is 1. The number of aliphatic hydroxyl groups is 1. The van der Waals surface area contributed by atoms with Gasteiger partial charge in [-0.1, -0.05) is 30.3 Å². The normalized spacial score (nSPS) is 12.3. The third kappa shape index (κ3) is 5.38. The van der Waals surface area contributed by atoms with Crippen molar-refractivity contribution in [3.63, 3.8) is 0 Å². The minimum Gasteiger partial charge on any atom is -0.398 e. The molecule has 1 unspecified atom stereocenters. The fourth-order valence-electron chi connectivity index (χ4n) is 1.75. The summed E-state index contributed by atoms with van der Waals surface area (Å²) < 4.78 is 18.6. The van der Waals surface area contributed by atoms with Gasteiger partial charge in [0.25, 0.3) is 0 Å². The molecule has 3 nitrogen and oxygen atoms in total. The van der Waals surface area contributed by atoms with Gasteiger partial charge in [-0.3, -0.25) is 0 Å². The van der Waals surface area contributed by atoms with Gasteiger partial charge in [0.2, 0.25) is 0 Å². The van der Waals surface area contributed by atoms with Crippen LogP contribution in [0, 0.1) is 5.82 Å². The minimum absolute atomic E-state index is 0.233.